The van der Waals surface area contributed by atoms with Crippen LogP contribution >= 0.6 is 0 Å². The first-order valence-electron chi connectivity index (χ1n) is 7.21. The number of carbonyl (C=O) groups excluding carboxylic acids is 1. The maximum Gasteiger partial charge on any atom is 0.326 e. The van der Waals surface area contributed by atoms with Crippen LogP contribution in [0.3, 0.4) is 0 Å². The van der Waals surface area contributed by atoms with E-state index in [-0.39, 0.29) is 18.0 Å². The number of rotatable bonds is 8. The summed E-state index contributed by atoms with van der Waals surface area (Å²) in [5.74, 6) is -0.965. The molecule has 1 saturated carbocycles. The monoisotopic (exact) mass is 306 g/mol. The minimum Gasteiger partial charge on any atom is -0.480 e. The molecular formula is C15H18N2O5. The molecule has 1 aromatic carbocycles. The van der Waals surface area contributed by atoms with Gasteiger partial charge in [0.15, 0.2) is 0 Å². The average Bonchev–Trinajstić information content (AvgIpc) is 3.28. The molecular weight excluding hydrogens is 288 g/mol. The van der Waals surface area contributed by atoms with Gasteiger partial charge in [0.1, 0.15) is 6.04 Å². The van der Waals surface area contributed by atoms with Crippen molar-refractivity contribution in [2.45, 2.75) is 38.1 Å². The van der Waals surface area contributed by atoms with E-state index in [9.17, 15) is 19.7 Å². The molecule has 0 saturated heterocycles. The Kier molecular flexibility index (Phi) is 5.08. The topological polar surface area (TPSA) is 110 Å². The number of carboxylic acids is 1. The van der Waals surface area contributed by atoms with Gasteiger partial charge in [0.25, 0.3) is 5.69 Å². The van der Waals surface area contributed by atoms with Crippen molar-refractivity contribution in [2.75, 3.05) is 0 Å². The van der Waals surface area contributed by atoms with Gasteiger partial charge < -0.3 is 10.4 Å². The first kappa shape index (κ1) is 15.9. The van der Waals surface area contributed by atoms with Gasteiger partial charge in [-0.2, -0.15) is 0 Å². The molecule has 1 fully saturated rings. The molecule has 7 heteroatoms. The molecule has 7 nitrogen and oxygen atoms in total. The fourth-order valence-corrected chi connectivity index (χ4v) is 2.26. The van der Waals surface area contributed by atoms with E-state index in [2.05, 4.69) is 5.32 Å². The van der Waals surface area contributed by atoms with Gasteiger partial charge in [0.2, 0.25) is 5.91 Å². The molecule has 0 radical (unpaired) electrons. The summed E-state index contributed by atoms with van der Waals surface area (Å²) in [5.41, 5.74) is 0.661. The van der Waals surface area contributed by atoms with Gasteiger partial charge >= 0.3 is 5.97 Å². The standard InChI is InChI=1S/C15H18N2O5/c18-14(16-13(15(19)20)9-11-4-5-11)7-6-10-2-1-3-12(8-10)17(21)22/h1-3,8,11,13H,4-7,9H2,(H,16,18)(H,19,20). The highest BCUT2D eigenvalue weighted by molar-refractivity contribution is 5.83. The van der Waals surface area contributed by atoms with Gasteiger partial charge in [-0.3, -0.25) is 14.9 Å². The molecule has 22 heavy (non-hydrogen) atoms. The van der Waals surface area contributed by atoms with Crippen molar-refractivity contribution in [1.82, 2.24) is 5.32 Å². The summed E-state index contributed by atoms with van der Waals surface area (Å²) in [4.78, 5) is 33.1. The largest absolute Gasteiger partial charge is 0.480 e. The molecule has 1 atom stereocenters. The number of nitrogens with zero attached hydrogens (tertiary/aromatic N) is 1. The number of hydrogen-bond donors (Lipinski definition) is 2. The van der Waals surface area contributed by atoms with Gasteiger partial charge in [-0.15, -0.1) is 0 Å². The second-order valence-electron chi connectivity index (χ2n) is 5.56. The van der Waals surface area contributed by atoms with E-state index >= 15 is 0 Å². The van der Waals surface area contributed by atoms with Crippen molar-refractivity contribution < 1.29 is 19.6 Å². The predicted molar refractivity (Wildman–Crippen MR) is 78.3 cm³/mol. The van der Waals surface area contributed by atoms with E-state index in [1.54, 1.807) is 12.1 Å². The molecule has 0 aromatic heterocycles. The number of nitrogens with one attached hydrogen (secondary N) is 1. The lowest BCUT2D eigenvalue weighted by atomic mass is 10.1. The van der Waals surface area contributed by atoms with Crippen LogP contribution < -0.4 is 5.32 Å². The van der Waals surface area contributed by atoms with Gasteiger partial charge in [0.05, 0.1) is 4.92 Å². The fourth-order valence-electron chi connectivity index (χ4n) is 2.26. The number of carboxylic acid groups (broad SMARTS) is 1. The Morgan fingerprint density at radius 1 is 1.41 bits per heavy atom. The molecule has 1 aromatic rings. The third-order valence-electron chi connectivity index (χ3n) is 3.66. The zero-order valence-corrected chi connectivity index (χ0v) is 12.0. The first-order chi connectivity index (χ1) is 10.5. The van der Waals surface area contributed by atoms with Gasteiger partial charge in [0, 0.05) is 18.6 Å². The van der Waals surface area contributed by atoms with Crippen LogP contribution in [0.4, 0.5) is 5.69 Å². The Balaban J connectivity index is 1.84. The molecule has 1 aliphatic carbocycles. The zero-order chi connectivity index (χ0) is 16.1. The molecule has 1 amide bonds. The SMILES string of the molecule is O=C(CCc1cccc([N+](=O)[O-])c1)NC(CC1CC1)C(=O)O. The highest BCUT2D eigenvalue weighted by atomic mass is 16.6. The third-order valence-corrected chi connectivity index (χ3v) is 3.66. The number of aliphatic carboxylic acids is 1. The molecule has 0 aliphatic heterocycles. The maximum atomic E-state index is 11.8. The molecule has 1 aliphatic rings. The number of non-ortho nitro benzene ring substituents is 1. The summed E-state index contributed by atoms with van der Waals surface area (Å²) in [6.07, 6.45) is 2.96. The van der Waals surface area contributed by atoms with Crippen molar-refractivity contribution >= 4 is 17.6 Å². The molecule has 118 valence electrons. The van der Waals surface area contributed by atoms with Crippen LogP contribution in [0.5, 0.6) is 0 Å². The molecule has 1 unspecified atom stereocenters. The number of nitro benzene ring substituents is 1. The van der Waals surface area contributed by atoms with Crippen molar-refractivity contribution in [1.29, 1.82) is 0 Å². The van der Waals surface area contributed by atoms with E-state index < -0.39 is 16.9 Å². The Bertz CT molecular complexity index is 583. The molecule has 0 heterocycles. The number of nitro groups is 1. The molecule has 0 bridgehead atoms. The quantitative estimate of drug-likeness (QED) is 0.563. The lowest BCUT2D eigenvalue weighted by Crippen LogP contribution is -2.41. The Labute approximate surface area is 127 Å². The van der Waals surface area contributed by atoms with Crippen molar-refractivity contribution in [3.63, 3.8) is 0 Å². The molecule has 2 N–H and O–H groups in total. The van der Waals surface area contributed by atoms with Crippen LogP contribution in [0.25, 0.3) is 0 Å². The second-order valence-corrected chi connectivity index (χ2v) is 5.56. The molecule has 2 rings (SSSR count). The van der Waals surface area contributed by atoms with Gasteiger partial charge in [-0.1, -0.05) is 25.0 Å². The van der Waals surface area contributed by atoms with Crippen LogP contribution in [0, 0.1) is 16.0 Å². The van der Waals surface area contributed by atoms with Gasteiger partial charge in [-0.25, -0.2) is 4.79 Å². The summed E-state index contributed by atoms with van der Waals surface area (Å²) in [6, 6.07) is 5.24. The fraction of sp³-hybridized carbons (Fsp3) is 0.467. The predicted octanol–water partition coefficient (Wildman–Crippen LogP) is 1.90. The number of aryl methyl sites for hydroxylation is 1. The number of carbonyl (C=O) groups is 2. The summed E-state index contributed by atoms with van der Waals surface area (Å²) in [7, 11) is 0. The second kappa shape index (κ2) is 7.02. The number of amides is 1. The minimum atomic E-state index is -1.02. The Morgan fingerprint density at radius 3 is 2.73 bits per heavy atom. The number of benzene rings is 1. The highest BCUT2D eigenvalue weighted by Crippen LogP contribution is 2.33. The van der Waals surface area contributed by atoms with E-state index in [1.165, 1.54) is 12.1 Å². The summed E-state index contributed by atoms with van der Waals surface area (Å²) >= 11 is 0. The smallest absolute Gasteiger partial charge is 0.326 e. The minimum absolute atomic E-state index is 0.0185. The van der Waals surface area contributed by atoms with Crippen LogP contribution in [0.15, 0.2) is 24.3 Å². The summed E-state index contributed by atoms with van der Waals surface area (Å²) in [5, 5.41) is 22.3. The van der Waals surface area contributed by atoms with E-state index in [1.807, 2.05) is 0 Å². The van der Waals surface area contributed by atoms with Crippen LogP contribution in [0.1, 0.15) is 31.2 Å². The summed E-state index contributed by atoms with van der Waals surface area (Å²) < 4.78 is 0. The Morgan fingerprint density at radius 2 is 2.14 bits per heavy atom. The average molecular weight is 306 g/mol. The lowest BCUT2D eigenvalue weighted by Gasteiger charge is -2.14. The Hall–Kier alpha value is -2.44. The normalized spacial score (nSPS) is 15.1. The van der Waals surface area contributed by atoms with Crippen LogP contribution in [-0.2, 0) is 16.0 Å². The van der Waals surface area contributed by atoms with E-state index in [0.717, 1.165) is 12.8 Å². The molecule has 0 spiro atoms. The lowest BCUT2D eigenvalue weighted by molar-refractivity contribution is -0.384. The van der Waals surface area contributed by atoms with Crippen LogP contribution in [0.2, 0.25) is 0 Å². The van der Waals surface area contributed by atoms with Crippen molar-refractivity contribution in [3.8, 4) is 0 Å². The van der Waals surface area contributed by atoms with Gasteiger partial charge in [-0.05, 0) is 24.3 Å². The number of hydrogen-bond acceptors (Lipinski definition) is 4. The highest BCUT2D eigenvalue weighted by Gasteiger charge is 2.30. The summed E-state index contributed by atoms with van der Waals surface area (Å²) in [6.45, 7) is 0. The van der Waals surface area contributed by atoms with E-state index in [4.69, 9.17) is 5.11 Å². The van der Waals surface area contributed by atoms with Crippen molar-refractivity contribution in [2.24, 2.45) is 5.92 Å². The van der Waals surface area contributed by atoms with E-state index in [0.29, 0.717) is 24.3 Å². The maximum absolute atomic E-state index is 11.8. The van der Waals surface area contributed by atoms with Crippen LogP contribution in [-0.4, -0.2) is 27.9 Å². The third kappa shape index (κ3) is 4.83. The first-order valence-corrected chi connectivity index (χ1v) is 7.21. The zero-order valence-electron chi connectivity index (χ0n) is 12.0. The van der Waals surface area contributed by atoms with Crippen molar-refractivity contribution in [3.05, 3.63) is 39.9 Å².